The van der Waals surface area contributed by atoms with Crippen LogP contribution in [0.2, 0.25) is 0 Å². The highest BCUT2D eigenvalue weighted by atomic mass is 79.9. The Bertz CT molecular complexity index is 370. The van der Waals surface area contributed by atoms with E-state index in [0.29, 0.717) is 5.75 Å². The van der Waals surface area contributed by atoms with Crippen molar-refractivity contribution in [3.63, 3.8) is 0 Å². The molecule has 4 heteroatoms. The molecule has 0 aromatic carbocycles. The summed E-state index contributed by atoms with van der Waals surface area (Å²) in [6, 6.07) is 3.95. The molecule has 0 unspecified atom stereocenters. The first-order chi connectivity index (χ1) is 7.30. The quantitative estimate of drug-likeness (QED) is 0.855. The minimum Gasteiger partial charge on any atom is -0.260 e. The molecular formula is C12H18BrNOS. The van der Waals surface area contributed by atoms with Crippen LogP contribution in [0.3, 0.4) is 0 Å². The van der Waals surface area contributed by atoms with E-state index in [4.69, 9.17) is 0 Å². The van der Waals surface area contributed by atoms with E-state index in [0.717, 1.165) is 10.2 Å². The van der Waals surface area contributed by atoms with Crippen LogP contribution in [0.1, 0.15) is 39.3 Å². The second-order valence-electron chi connectivity index (χ2n) is 4.93. The van der Waals surface area contributed by atoms with Gasteiger partial charge in [-0.15, -0.1) is 0 Å². The molecule has 0 radical (unpaired) electrons. The molecule has 90 valence electrons. The zero-order valence-corrected chi connectivity index (χ0v) is 12.6. The zero-order chi connectivity index (χ0) is 12.3. The van der Waals surface area contributed by atoms with Crippen LogP contribution in [0.25, 0.3) is 0 Å². The smallest absolute Gasteiger partial charge is 0.0441 e. The van der Waals surface area contributed by atoms with Gasteiger partial charge in [-0.25, -0.2) is 0 Å². The molecule has 0 N–H and O–H groups in total. The Morgan fingerprint density at radius 1 is 1.44 bits per heavy atom. The van der Waals surface area contributed by atoms with Crippen LogP contribution < -0.4 is 0 Å². The van der Waals surface area contributed by atoms with E-state index in [1.807, 2.05) is 32.9 Å². The predicted octanol–water partition coefficient (Wildman–Crippen LogP) is 3.49. The van der Waals surface area contributed by atoms with Crippen LogP contribution >= 0.6 is 15.9 Å². The van der Waals surface area contributed by atoms with Gasteiger partial charge in [-0.3, -0.25) is 9.19 Å². The molecule has 0 aliphatic carbocycles. The van der Waals surface area contributed by atoms with Crippen molar-refractivity contribution >= 4 is 26.7 Å². The van der Waals surface area contributed by atoms with Gasteiger partial charge in [-0.1, -0.05) is 6.92 Å². The van der Waals surface area contributed by atoms with E-state index in [2.05, 4.69) is 27.8 Å². The third-order valence-electron chi connectivity index (χ3n) is 2.34. The molecule has 0 fully saturated rings. The van der Waals surface area contributed by atoms with E-state index >= 15 is 0 Å². The van der Waals surface area contributed by atoms with Gasteiger partial charge < -0.3 is 0 Å². The summed E-state index contributed by atoms with van der Waals surface area (Å²) in [7, 11) is -0.825. The van der Waals surface area contributed by atoms with E-state index in [9.17, 15) is 4.21 Å². The van der Waals surface area contributed by atoms with Crippen molar-refractivity contribution in [1.29, 1.82) is 0 Å². The lowest BCUT2D eigenvalue weighted by Crippen LogP contribution is -2.26. The molecule has 0 amide bonds. The molecular weight excluding hydrogens is 286 g/mol. The summed E-state index contributed by atoms with van der Waals surface area (Å²) in [4.78, 5) is 4.33. The lowest BCUT2D eigenvalue weighted by atomic mass is 10.1. The van der Waals surface area contributed by atoms with Crippen molar-refractivity contribution in [3.05, 3.63) is 28.5 Å². The van der Waals surface area contributed by atoms with Crippen LogP contribution in [-0.2, 0) is 10.8 Å². The molecule has 1 rings (SSSR count). The maximum atomic E-state index is 12.0. The van der Waals surface area contributed by atoms with Crippen molar-refractivity contribution in [2.24, 2.45) is 0 Å². The molecule has 0 saturated heterocycles. The van der Waals surface area contributed by atoms with Gasteiger partial charge in [0.25, 0.3) is 0 Å². The Morgan fingerprint density at radius 2 is 2.06 bits per heavy atom. The summed E-state index contributed by atoms with van der Waals surface area (Å²) in [5, 5.41) is 0. The second kappa shape index (κ2) is 5.41. The fourth-order valence-corrected chi connectivity index (χ4v) is 2.60. The molecule has 2 atom stereocenters. The molecule has 16 heavy (non-hydrogen) atoms. The molecule has 0 bridgehead atoms. The van der Waals surface area contributed by atoms with Crippen molar-refractivity contribution in [3.8, 4) is 0 Å². The molecule has 0 saturated carbocycles. The van der Waals surface area contributed by atoms with E-state index in [1.165, 1.54) is 0 Å². The summed E-state index contributed by atoms with van der Waals surface area (Å²) in [6.07, 6.45) is 1.78. The van der Waals surface area contributed by atoms with Gasteiger partial charge in [-0.2, -0.15) is 0 Å². The average molecular weight is 304 g/mol. The highest BCUT2D eigenvalue weighted by Crippen LogP contribution is 2.20. The number of hydrogen-bond acceptors (Lipinski definition) is 2. The van der Waals surface area contributed by atoms with Gasteiger partial charge in [-0.05, 0) is 48.8 Å². The third-order valence-corrected chi connectivity index (χ3v) is 4.98. The number of hydrogen-bond donors (Lipinski definition) is 0. The summed E-state index contributed by atoms with van der Waals surface area (Å²) in [5.41, 5.74) is 1.00. The van der Waals surface area contributed by atoms with Gasteiger partial charge in [0.2, 0.25) is 0 Å². The zero-order valence-electron chi connectivity index (χ0n) is 10.2. The predicted molar refractivity (Wildman–Crippen MR) is 73.1 cm³/mol. The number of pyridine rings is 1. The number of nitrogens with zero attached hydrogens (tertiary/aromatic N) is 1. The Labute approximate surface area is 108 Å². The minimum absolute atomic E-state index is 0.149. The summed E-state index contributed by atoms with van der Waals surface area (Å²) in [6.45, 7) is 8.08. The molecule has 1 aromatic heterocycles. The lowest BCUT2D eigenvalue weighted by molar-refractivity contribution is 0.641. The number of aromatic nitrogens is 1. The average Bonchev–Trinajstić information content (AvgIpc) is 2.17. The molecule has 1 heterocycles. The largest absolute Gasteiger partial charge is 0.260 e. The van der Waals surface area contributed by atoms with Gasteiger partial charge >= 0.3 is 0 Å². The standard InChI is InChI=1S/C12H18BrNOS/c1-9(8-16(15)12(2,3)4)11-6-5-10(13)7-14-11/h5-7,9H,8H2,1-4H3/t9-,16-/m1/s1. The topological polar surface area (TPSA) is 30.0 Å². The van der Waals surface area contributed by atoms with Crippen LogP contribution in [0, 0.1) is 0 Å². The van der Waals surface area contributed by atoms with Crippen LogP contribution in [0.4, 0.5) is 0 Å². The van der Waals surface area contributed by atoms with Crippen molar-refractivity contribution in [2.45, 2.75) is 38.4 Å². The number of rotatable bonds is 3. The van der Waals surface area contributed by atoms with Gasteiger partial charge in [0.05, 0.1) is 0 Å². The molecule has 2 nitrogen and oxygen atoms in total. The fraction of sp³-hybridized carbons (Fsp3) is 0.583. The molecule has 1 aromatic rings. The Hall–Kier alpha value is -0.220. The summed E-state index contributed by atoms with van der Waals surface area (Å²) < 4.78 is 12.8. The molecule has 0 spiro atoms. The van der Waals surface area contributed by atoms with Crippen molar-refractivity contribution < 1.29 is 4.21 Å². The van der Waals surface area contributed by atoms with Gasteiger partial charge in [0.1, 0.15) is 0 Å². The van der Waals surface area contributed by atoms with Crippen LogP contribution in [-0.4, -0.2) is 19.7 Å². The van der Waals surface area contributed by atoms with E-state index in [-0.39, 0.29) is 10.7 Å². The Balaban J connectivity index is 2.69. The van der Waals surface area contributed by atoms with Crippen LogP contribution in [0.5, 0.6) is 0 Å². The van der Waals surface area contributed by atoms with Crippen molar-refractivity contribution in [2.75, 3.05) is 5.75 Å². The Morgan fingerprint density at radius 3 is 2.50 bits per heavy atom. The highest BCUT2D eigenvalue weighted by molar-refractivity contribution is 9.10. The summed E-state index contributed by atoms with van der Waals surface area (Å²) >= 11 is 3.35. The van der Waals surface area contributed by atoms with Gasteiger partial charge in [0.15, 0.2) is 0 Å². The SMILES string of the molecule is C[C@H](C[S@@](=O)C(C)(C)C)c1ccc(Br)cn1. The fourth-order valence-electron chi connectivity index (χ4n) is 1.24. The second-order valence-corrected chi connectivity index (χ2v) is 8.09. The monoisotopic (exact) mass is 303 g/mol. The third kappa shape index (κ3) is 3.98. The lowest BCUT2D eigenvalue weighted by Gasteiger charge is -2.20. The number of halogens is 1. The van der Waals surface area contributed by atoms with Crippen molar-refractivity contribution in [1.82, 2.24) is 4.98 Å². The normalized spacial score (nSPS) is 15.8. The maximum Gasteiger partial charge on any atom is 0.0441 e. The van der Waals surface area contributed by atoms with E-state index < -0.39 is 10.8 Å². The maximum absolute atomic E-state index is 12.0. The molecule has 0 aliphatic rings. The van der Waals surface area contributed by atoms with Crippen LogP contribution in [0.15, 0.2) is 22.8 Å². The highest BCUT2D eigenvalue weighted by Gasteiger charge is 2.22. The Kier molecular flexibility index (Phi) is 4.68. The first-order valence-electron chi connectivity index (χ1n) is 5.30. The molecule has 0 aliphatic heterocycles. The van der Waals surface area contributed by atoms with Gasteiger partial charge in [0, 0.05) is 43.6 Å². The first-order valence-corrected chi connectivity index (χ1v) is 7.42. The minimum atomic E-state index is -0.825. The van der Waals surface area contributed by atoms with E-state index in [1.54, 1.807) is 6.20 Å². The first kappa shape index (κ1) is 13.8. The summed E-state index contributed by atoms with van der Waals surface area (Å²) in [5.74, 6) is 0.895.